The molecule has 0 aliphatic carbocycles. The molecular formula is C19H15N3O5S. The van der Waals surface area contributed by atoms with Gasteiger partial charge in [0, 0.05) is 35.5 Å². The second-order valence-electron chi connectivity index (χ2n) is 5.58. The highest BCUT2D eigenvalue weighted by molar-refractivity contribution is 7.15. The molecule has 1 N–H and O–H groups in total. The highest BCUT2D eigenvalue weighted by Gasteiger charge is 2.24. The molecule has 0 unspecified atom stereocenters. The van der Waals surface area contributed by atoms with Gasteiger partial charge in [-0.3, -0.25) is 19.9 Å². The van der Waals surface area contributed by atoms with Crippen molar-refractivity contribution in [3.05, 3.63) is 75.4 Å². The van der Waals surface area contributed by atoms with E-state index < -0.39 is 16.8 Å². The van der Waals surface area contributed by atoms with E-state index in [2.05, 4.69) is 10.3 Å². The van der Waals surface area contributed by atoms with Crippen LogP contribution in [0.4, 0.5) is 10.7 Å². The zero-order chi connectivity index (χ0) is 20.1. The van der Waals surface area contributed by atoms with E-state index in [0.29, 0.717) is 21.7 Å². The summed E-state index contributed by atoms with van der Waals surface area (Å²) >= 11 is 1.14. The molecule has 2 aromatic heterocycles. The molecule has 28 heavy (non-hydrogen) atoms. The number of hydrogen-bond acceptors (Lipinski definition) is 7. The van der Waals surface area contributed by atoms with Gasteiger partial charge in [-0.1, -0.05) is 12.1 Å². The van der Waals surface area contributed by atoms with Crippen molar-refractivity contribution in [2.75, 3.05) is 11.9 Å². The molecule has 0 aliphatic rings. The molecule has 9 heteroatoms. The van der Waals surface area contributed by atoms with E-state index in [0.717, 1.165) is 11.3 Å². The van der Waals surface area contributed by atoms with Gasteiger partial charge in [-0.05, 0) is 24.6 Å². The smallest absolute Gasteiger partial charge is 0.341 e. The van der Waals surface area contributed by atoms with Gasteiger partial charge in [0.05, 0.1) is 17.1 Å². The highest BCUT2D eigenvalue weighted by Crippen LogP contribution is 2.37. The lowest BCUT2D eigenvalue weighted by molar-refractivity contribution is -0.384. The molecule has 3 rings (SSSR count). The van der Waals surface area contributed by atoms with Gasteiger partial charge in [0.25, 0.3) is 11.6 Å². The normalized spacial score (nSPS) is 10.3. The van der Waals surface area contributed by atoms with Gasteiger partial charge in [-0.25, -0.2) is 4.79 Å². The maximum Gasteiger partial charge on any atom is 0.341 e. The molecule has 0 fully saturated rings. The summed E-state index contributed by atoms with van der Waals surface area (Å²) in [5, 5.41) is 15.7. The number of nitrogens with one attached hydrogen (secondary N) is 1. The Morgan fingerprint density at radius 2 is 2.11 bits per heavy atom. The Bertz CT molecular complexity index is 1030. The topological polar surface area (TPSA) is 111 Å². The lowest BCUT2D eigenvalue weighted by Crippen LogP contribution is -2.15. The molecule has 3 aromatic rings. The van der Waals surface area contributed by atoms with Crippen molar-refractivity contribution in [1.29, 1.82) is 0 Å². The van der Waals surface area contributed by atoms with Crippen LogP contribution in [0, 0.1) is 10.1 Å². The summed E-state index contributed by atoms with van der Waals surface area (Å²) in [6.45, 7) is 1.82. The van der Waals surface area contributed by atoms with Gasteiger partial charge in [-0.2, -0.15) is 0 Å². The second kappa shape index (κ2) is 8.40. The van der Waals surface area contributed by atoms with E-state index in [1.165, 1.54) is 24.4 Å². The van der Waals surface area contributed by atoms with Crippen molar-refractivity contribution < 1.29 is 19.2 Å². The summed E-state index contributed by atoms with van der Waals surface area (Å²) < 4.78 is 5.12. The summed E-state index contributed by atoms with van der Waals surface area (Å²) in [4.78, 5) is 39.5. The van der Waals surface area contributed by atoms with Gasteiger partial charge < -0.3 is 10.1 Å². The van der Waals surface area contributed by atoms with E-state index in [-0.39, 0.29) is 17.9 Å². The quantitative estimate of drug-likeness (QED) is 0.380. The average Bonchev–Trinajstić information content (AvgIpc) is 3.12. The number of benzene rings is 1. The molecule has 1 aromatic carbocycles. The van der Waals surface area contributed by atoms with Crippen LogP contribution in [0.15, 0.2) is 54.2 Å². The molecule has 0 saturated carbocycles. The van der Waals surface area contributed by atoms with Crippen molar-refractivity contribution in [2.45, 2.75) is 6.92 Å². The minimum atomic E-state index is -0.619. The number of nitrogens with zero attached hydrogens (tertiary/aromatic N) is 2. The van der Waals surface area contributed by atoms with E-state index >= 15 is 0 Å². The second-order valence-corrected chi connectivity index (χ2v) is 6.46. The Morgan fingerprint density at radius 3 is 2.79 bits per heavy atom. The first-order valence-corrected chi connectivity index (χ1v) is 9.14. The van der Waals surface area contributed by atoms with E-state index in [1.54, 1.807) is 36.7 Å². The number of non-ortho nitro benzene ring substituents is 1. The molecule has 0 atom stereocenters. The summed E-state index contributed by atoms with van der Waals surface area (Å²) in [6.07, 6.45) is 2.96. The molecule has 1 amide bonds. The summed E-state index contributed by atoms with van der Waals surface area (Å²) in [7, 11) is 0. The number of nitro groups is 1. The maximum absolute atomic E-state index is 12.5. The third-order valence-electron chi connectivity index (χ3n) is 3.79. The molecular weight excluding hydrogens is 382 g/mol. The number of carbonyl (C=O) groups excluding carboxylic acids is 2. The van der Waals surface area contributed by atoms with Crippen LogP contribution in [0.1, 0.15) is 27.6 Å². The third kappa shape index (κ3) is 4.04. The fourth-order valence-corrected chi connectivity index (χ4v) is 3.48. The predicted octanol–water partition coefficient (Wildman–Crippen LogP) is 4.15. The molecule has 0 radical (unpaired) electrons. The molecule has 0 saturated heterocycles. The van der Waals surface area contributed by atoms with Gasteiger partial charge in [0.15, 0.2) is 0 Å². The van der Waals surface area contributed by atoms with Gasteiger partial charge in [0.2, 0.25) is 0 Å². The average molecular weight is 397 g/mol. The number of aromatic nitrogens is 1. The molecule has 142 valence electrons. The van der Waals surface area contributed by atoms with Crippen LogP contribution in [-0.2, 0) is 4.74 Å². The standard InChI is InChI=1S/C19H15N3O5S/c1-2-27-19(24)16-15(12-5-3-7-14(9-12)22(25)26)11-28-18(16)21-17(23)13-6-4-8-20-10-13/h3-11H,2H2,1H3,(H,21,23). The van der Waals surface area contributed by atoms with Gasteiger partial charge in [-0.15, -0.1) is 11.3 Å². The molecule has 0 aliphatic heterocycles. The largest absolute Gasteiger partial charge is 0.462 e. The van der Waals surface area contributed by atoms with Crippen molar-refractivity contribution in [2.24, 2.45) is 0 Å². The van der Waals surface area contributed by atoms with Crippen molar-refractivity contribution in [1.82, 2.24) is 4.98 Å². The number of ether oxygens (including phenoxy) is 1. The van der Waals surface area contributed by atoms with Crippen LogP contribution in [0.2, 0.25) is 0 Å². The Balaban J connectivity index is 2.02. The van der Waals surface area contributed by atoms with Crippen molar-refractivity contribution in [3.63, 3.8) is 0 Å². The van der Waals surface area contributed by atoms with Crippen LogP contribution in [0.3, 0.4) is 0 Å². The number of rotatable bonds is 6. The predicted molar refractivity (Wildman–Crippen MR) is 105 cm³/mol. The Morgan fingerprint density at radius 1 is 1.29 bits per heavy atom. The SMILES string of the molecule is CCOC(=O)c1c(-c2cccc([N+](=O)[O-])c2)csc1NC(=O)c1cccnc1. The van der Waals surface area contributed by atoms with Crippen LogP contribution < -0.4 is 5.32 Å². The molecule has 2 heterocycles. The number of anilines is 1. The first-order chi connectivity index (χ1) is 13.5. The van der Waals surface area contributed by atoms with Gasteiger partial charge >= 0.3 is 5.97 Å². The monoisotopic (exact) mass is 397 g/mol. The Hall–Kier alpha value is -3.59. The van der Waals surface area contributed by atoms with Crippen LogP contribution in [-0.4, -0.2) is 28.4 Å². The molecule has 0 bridgehead atoms. The van der Waals surface area contributed by atoms with E-state index in [9.17, 15) is 19.7 Å². The Kier molecular flexibility index (Phi) is 5.75. The minimum Gasteiger partial charge on any atom is -0.462 e. The number of carbonyl (C=O) groups is 2. The van der Waals surface area contributed by atoms with E-state index in [1.807, 2.05) is 0 Å². The van der Waals surface area contributed by atoms with Crippen LogP contribution in [0.25, 0.3) is 11.1 Å². The summed E-state index contributed by atoms with van der Waals surface area (Å²) in [6, 6.07) is 9.16. The van der Waals surface area contributed by atoms with Crippen molar-refractivity contribution >= 4 is 33.9 Å². The first-order valence-electron chi connectivity index (χ1n) is 8.26. The van der Waals surface area contributed by atoms with Gasteiger partial charge in [0.1, 0.15) is 10.6 Å². The lowest BCUT2D eigenvalue weighted by Gasteiger charge is -2.09. The minimum absolute atomic E-state index is 0.0977. The lowest BCUT2D eigenvalue weighted by atomic mass is 10.0. The number of amides is 1. The number of nitro benzene ring substituents is 1. The zero-order valence-corrected chi connectivity index (χ0v) is 15.6. The molecule has 8 nitrogen and oxygen atoms in total. The summed E-state index contributed by atoms with van der Waals surface area (Å²) in [5.41, 5.74) is 1.33. The summed E-state index contributed by atoms with van der Waals surface area (Å²) in [5.74, 6) is -1.04. The number of hydrogen-bond donors (Lipinski definition) is 1. The first kappa shape index (κ1) is 19.2. The number of esters is 1. The number of pyridine rings is 1. The van der Waals surface area contributed by atoms with Crippen molar-refractivity contribution in [3.8, 4) is 11.1 Å². The fourth-order valence-electron chi connectivity index (χ4n) is 2.53. The number of thiophene rings is 1. The molecule has 0 spiro atoms. The van der Waals surface area contributed by atoms with E-state index in [4.69, 9.17) is 4.74 Å². The highest BCUT2D eigenvalue weighted by atomic mass is 32.1. The maximum atomic E-state index is 12.5. The Labute approximate surface area is 164 Å². The van der Waals surface area contributed by atoms with Crippen LogP contribution >= 0.6 is 11.3 Å². The third-order valence-corrected chi connectivity index (χ3v) is 4.68. The fraction of sp³-hybridized carbons (Fsp3) is 0.105. The zero-order valence-electron chi connectivity index (χ0n) is 14.7. The van der Waals surface area contributed by atoms with Crippen LogP contribution in [0.5, 0.6) is 0 Å².